The Kier molecular flexibility index (Phi) is 8.40. The largest absolute Gasteiger partial charge is 0.507 e. The molecule has 3 rings (SSSR count). The minimum atomic E-state index is -0.826. The number of rotatable bonds is 10. The van der Waals surface area contributed by atoms with Gasteiger partial charge in [-0.05, 0) is 68.4 Å². The van der Waals surface area contributed by atoms with Crippen molar-refractivity contribution in [2.24, 2.45) is 0 Å². The van der Waals surface area contributed by atoms with Crippen LogP contribution < -0.4 is 9.47 Å². The first-order valence-electron chi connectivity index (χ1n) is 11.9. The minimum absolute atomic E-state index is 0.00671. The molecule has 1 amide bonds. The number of ether oxygens (including phenoxy) is 2. The Morgan fingerprint density at radius 3 is 2.37 bits per heavy atom. The van der Waals surface area contributed by atoms with Crippen molar-refractivity contribution in [2.75, 3.05) is 39.9 Å². The fraction of sp³-hybridized carbons (Fsp3) is 0.407. The van der Waals surface area contributed by atoms with Crippen LogP contribution in [-0.4, -0.2) is 71.6 Å². The van der Waals surface area contributed by atoms with Crippen molar-refractivity contribution in [1.82, 2.24) is 9.80 Å². The molecule has 35 heavy (non-hydrogen) atoms. The molecule has 0 aliphatic carbocycles. The Morgan fingerprint density at radius 1 is 1.06 bits per heavy atom. The van der Waals surface area contributed by atoms with Crippen LogP contribution in [0.4, 0.5) is 0 Å². The topological polar surface area (TPSA) is 99.5 Å². The molecule has 1 aliphatic heterocycles. The van der Waals surface area contributed by atoms with Gasteiger partial charge in [-0.1, -0.05) is 19.9 Å². The number of nitrogens with zero attached hydrogens (tertiary/aromatic N) is 2. The number of carbonyl (C=O) groups is 2. The maximum atomic E-state index is 13.3. The van der Waals surface area contributed by atoms with Crippen molar-refractivity contribution < 1.29 is 29.3 Å². The van der Waals surface area contributed by atoms with E-state index >= 15 is 0 Å². The van der Waals surface area contributed by atoms with Crippen LogP contribution in [0.2, 0.25) is 0 Å². The van der Waals surface area contributed by atoms with Gasteiger partial charge in [0.1, 0.15) is 11.5 Å². The number of amides is 1. The average molecular weight is 483 g/mol. The van der Waals surface area contributed by atoms with Crippen LogP contribution >= 0.6 is 0 Å². The van der Waals surface area contributed by atoms with Gasteiger partial charge in [0.25, 0.3) is 11.7 Å². The van der Waals surface area contributed by atoms with Crippen LogP contribution in [0, 0.1) is 6.92 Å². The third-order valence-corrected chi connectivity index (χ3v) is 6.36. The first-order chi connectivity index (χ1) is 16.8. The van der Waals surface area contributed by atoms with Gasteiger partial charge in [0.15, 0.2) is 11.5 Å². The van der Waals surface area contributed by atoms with Gasteiger partial charge in [0, 0.05) is 18.7 Å². The number of aliphatic hydroxyl groups excluding tert-OH is 1. The number of hydrogen-bond donors (Lipinski definition) is 2. The lowest BCUT2D eigenvalue weighted by Crippen LogP contribution is -2.38. The predicted molar refractivity (Wildman–Crippen MR) is 134 cm³/mol. The van der Waals surface area contributed by atoms with E-state index < -0.39 is 17.7 Å². The number of likely N-dealkylation sites (tertiary alicyclic amines) is 1. The molecule has 1 saturated heterocycles. The first kappa shape index (κ1) is 26.1. The smallest absolute Gasteiger partial charge is 0.295 e. The van der Waals surface area contributed by atoms with Crippen LogP contribution in [-0.2, 0) is 9.59 Å². The second kappa shape index (κ2) is 11.3. The normalized spacial score (nSPS) is 17.3. The number of phenolic OH excluding ortho intramolecular Hbond substituents is 1. The van der Waals surface area contributed by atoms with E-state index in [2.05, 4.69) is 4.90 Å². The van der Waals surface area contributed by atoms with Crippen molar-refractivity contribution in [3.05, 3.63) is 58.7 Å². The molecule has 1 aliphatic rings. The van der Waals surface area contributed by atoms with E-state index in [4.69, 9.17) is 9.47 Å². The molecule has 8 nitrogen and oxygen atoms in total. The number of Topliss-reactive ketones (excluding diaryl/α,β-unsaturated/α-hetero) is 1. The number of aliphatic hydroxyl groups is 1. The van der Waals surface area contributed by atoms with E-state index in [1.165, 1.54) is 11.0 Å². The highest BCUT2D eigenvalue weighted by atomic mass is 16.5. The molecule has 188 valence electrons. The molecular formula is C27H34N2O6. The highest BCUT2D eigenvalue weighted by Gasteiger charge is 2.46. The van der Waals surface area contributed by atoms with Gasteiger partial charge in [-0.3, -0.25) is 9.59 Å². The van der Waals surface area contributed by atoms with Gasteiger partial charge in [0.2, 0.25) is 0 Å². The quantitative estimate of drug-likeness (QED) is 0.301. The van der Waals surface area contributed by atoms with Gasteiger partial charge in [0.05, 0.1) is 25.3 Å². The van der Waals surface area contributed by atoms with Gasteiger partial charge in [-0.25, -0.2) is 0 Å². The Balaban J connectivity index is 2.16. The fourth-order valence-electron chi connectivity index (χ4n) is 4.40. The Labute approximate surface area is 206 Å². The molecule has 8 heteroatoms. The molecule has 0 bridgehead atoms. The summed E-state index contributed by atoms with van der Waals surface area (Å²) in [5.41, 5.74) is 1.77. The number of methoxy groups -OCH3 is 1. The SMILES string of the molecule is CCOc1cc([C@H]2/C(=C(\O)c3ccc(OC)c(C)c3)C(=O)C(=O)N2CCN(CC)CC)ccc1O. The van der Waals surface area contributed by atoms with Crippen molar-refractivity contribution in [3.8, 4) is 17.2 Å². The van der Waals surface area contributed by atoms with Crippen molar-refractivity contribution in [2.45, 2.75) is 33.7 Å². The zero-order chi connectivity index (χ0) is 25.7. The molecule has 2 aromatic carbocycles. The Morgan fingerprint density at radius 2 is 1.77 bits per heavy atom. The van der Waals surface area contributed by atoms with Crippen molar-refractivity contribution in [3.63, 3.8) is 0 Å². The molecular weight excluding hydrogens is 448 g/mol. The van der Waals surface area contributed by atoms with Crippen LogP contribution in [0.1, 0.15) is 43.5 Å². The molecule has 0 aromatic heterocycles. The van der Waals surface area contributed by atoms with E-state index in [1.807, 2.05) is 20.8 Å². The summed E-state index contributed by atoms with van der Waals surface area (Å²) in [6.07, 6.45) is 0. The zero-order valence-electron chi connectivity index (χ0n) is 21.0. The molecule has 0 unspecified atom stereocenters. The number of carbonyl (C=O) groups excluding carboxylic acids is 2. The summed E-state index contributed by atoms with van der Waals surface area (Å²) in [5, 5.41) is 21.5. The van der Waals surface area contributed by atoms with Gasteiger partial charge in [-0.2, -0.15) is 0 Å². The van der Waals surface area contributed by atoms with Crippen molar-refractivity contribution >= 4 is 17.4 Å². The number of phenols is 1. The van der Waals surface area contributed by atoms with E-state index in [0.717, 1.165) is 18.7 Å². The number of ketones is 1. The summed E-state index contributed by atoms with van der Waals surface area (Å²) in [6.45, 7) is 10.6. The highest BCUT2D eigenvalue weighted by Crippen LogP contribution is 2.42. The molecule has 0 saturated carbocycles. The summed E-state index contributed by atoms with van der Waals surface area (Å²) in [4.78, 5) is 30.1. The molecule has 0 radical (unpaired) electrons. The number of hydrogen-bond acceptors (Lipinski definition) is 7. The monoisotopic (exact) mass is 482 g/mol. The number of aryl methyl sites for hydroxylation is 1. The van der Waals surface area contributed by atoms with E-state index in [-0.39, 0.29) is 22.8 Å². The lowest BCUT2D eigenvalue weighted by Gasteiger charge is -2.28. The fourth-order valence-corrected chi connectivity index (χ4v) is 4.40. The maximum absolute atomic E-state index is 13.3. The van der Waals surface area contributed by atoms with Gasteiger partial charge < -0.3 is 29.5 Å². The third-order valence-electron chi connectivity index (χ3n) is 6.36. The van der Waals surface area contributed by atoms with E-state index in [0.29, 0.717) is 36.6 Å². The summed E-state index contributed by atoms with van der Waals surface area (Å²) in [5.74, 6) is -0.805. The summed E-state index contributed by atoms with van der Waals surface area (Å²) in [7, 11) is 1.56. The molecule has 1 heterocycles. The second-order valence-corrected chi connectivity index (χ2v) is 8.36. The maximum Gasteiger partial charge on any atom is 0.295 e. The van der Waals surface area contributed by atoms with E-state index in [1.54, 1.807) is 44.4 Å². The lowest BCUT2D eigenvalue weighted by molar-refractivity contribution is -0.140. The summed E-state index contributed by atoms with van der Waals surface area (Å²) < 4.78 is 10.8. The summed E-state index contributed by atoms with van der Waals surface area (Å²) in [6, 6.07) is 9.00. The molecule has 1 atom stereocenters. The third kappa shape index (κ3) is 5.27. The molecule has 2 N–H and O–H groups in total. The highest BCUT2D eigenvalue weighted by molar-refractivity contribution is 6.46. The minimum Gasteiger partial charge on any atom is -0.507 e. The molecule has 2 aromatic rings. The van der Waals surface area contributed by atoms with Crippen LogP contribution in [0.15, 0.2) is 42.0 Å². The average Bonchev–Trinajstić information content (AvgIpc) is 3.10. The zero-order valence-corrected chi connectivity index (χ0v) is 21.0. The van der Waals surface area contributed by atoms with Crippen LogP contribution in [0.5, 0.6) is 17.2 Å². The lowest BCUT2D eigenvalue weighted by atomic mass is 9.94. The standard InChI is InChI=1S/C27H34N2O6/c1-6-28(7-2)13-14-29-24(18-9-11-20(30)22(16-18)35-8-3)23(26(32)27(29)33)25(31)19-10-12-21(34-5)17(4)15-19/h9-12,15-16,24,30-31H,6-8,13-14H2,1-5H3/b25-23+/t24-/m0/s1. The van der Waals surface area contributed by atoms with E-state index in [9.17, 15) is 19.8 Å². The van der Waals surface area contributed by atoms with Crippen molar-refractivity contribution in [1.29, 1.82) is 0 Å². The van der Waals surface area contributed by atoms with Gasteiger partial charge >= 0.3 is 0 Å². The number of likely N-dealkylation sites (N-methyl/N-ethyl adjacent to an activating group) is 1. The predicted octanol–water partition coefficient (Wildman–Crippen LogP) is 3.87. The van der Waals surface area contributed by atoms with Gasteiger partial charge in [-0.15, -0.1) is 0 Å². The number of benzene rings is 2. The first-order valence-corrected chi connectivity index (χ1v) is 11.9. The van der Waals surface area contributed by atoms with Crippen LogP contribution in [0.3, 0.4) is 0 Å². The summed E-state index contributed by atoms with van der Waals surface area (Å²) >= 11 is 0. The van der Waals surface area contributed by atoms with Crippen LogP contribution in [0.25, 0.3) is 5.76 Å². The Hall–Kier alpha value is -3.52. The second-order valence-electron chi connectivity index (χ2n) is 8.36. The number of aromatic hydroxyl groups is 1. The Bertz CT molecular complexity index is 1120. The molecule has 1 fully saturated rings. The molecule has 0 spiro atoms.